The first-order chi connectivity index (χ1) is 10.1. The summed E-state index contributed by atoms with van der Waals surface area (Å²) in [5.74, 6) is 0. The van der Waals surface area contributed by atoms with E-state index in [9.17, 15) is 5.26 Å². The summed E-state index contributed by atoms with van der Waals surface area (Å²) in [6.45, 7) is 6.27. The average Bonchev–Trinajstić information content (AvgIpc) is 2.99. The molecule has 2 heterocycles. The van der Waals surface area contributed by atoms with Gasteiger partial charge in [0.1, 0.15) is 16.8 Å². The number of rotatable bonds is 3. The van der Waals surface area contributed by atoms with E-state index in [0.29, 0.717) is 5.69 Å². The molecule has 1 aromatic carbocycles. The molecule has 0 aliphatic heterocycles. The Bertz CT molecular complexity index is 851. The molecule has 0 spiro atoms. The number of hydrogen-bond acceptors (Lipinski definition) is 4. The van der Waals surface area contributed by atoms with Gasteiger partial charge in [-0.1, -0.05) is 30.4 Å². The summed E-state index contributed by atoms with van der Waals surface area (Å²) >= 11 is 1.56. The first kappa shape index (κ1) is 13.8. The van der Waals surface area contributed by atoms with Crippen LogP contribution in [0.2, 0.25) is 0 Å². The fourth-order valence-electron chi connectivity index (χ4n) is 2.29. The molecule has 0 radical (unpaired) electrons. The van der Waals surface area contributed by atoms with Crippen LogP contribution in [-0.4, -0.2) is 14.6 Å². The van der Waals surface area contributed by atoms with E-state index in [-0.39, 0.29) is 0 Å². The van der Waals surface area contributed by atoms with E-state index in [0.717, 1.165) is 34.1 Å². The molecule has 21 heavy (non-hydrogen) atoms. The van der Waals surface area contributed by atoms with Crippen molar-refractivity contribution in [3.63, 3.8) is 0 Å². The second-order valence-electron chi connectivity index (χ2n) is 5.16. The molecule has 0 saturated carbocycles. The highest BCUT2D eigenvalue weighted by molar-refractivity contribution is 7.16. The Kier molecular flexibility index (Phi) is 3.48. The molecule has 0 saturated heterocycles. The second-order valence-corrected chi connectivity index (χ2v) is 6.20. The van der Waals surface area contributed by atoms with Gasteiger partial charge in [-0.2, -0.15) is 14.9 Å². The van der Waals surface area contributed by atoms with Crippen molar-refractivity contribution in [2.24, 2.45) is 0 Å². The van der Waals surface area contributed by atoms with E-state index in [4.69, 9.17) is 0 Å². The zero-order valence-corrected chi connectivity index (χ0v) is 13.2. The van der Waals surface area contributed by atoms with Gasteiger partial charge in [-0.15, -0.1) is 0 Å². The molecule has 2 aromatic heterocycles. The number of imidazole rings is 1. The highest BCUT2D eigenvalue weighted by Gasteiger charge is 2.17. The lowest BCUT2D eigenvalue weighted by Gasteiger charge is -2.03. The van der Waals surface area contributed by atoms with Crippen molar-refractivity contribution in [1.29, 1.82) is 5.26 Å². The highest BCUT2D eigenvalue weighted by atomic mass is 32.1. The Hall–Kier alpha value is -2.19. The van der Waals surface area contributed by atoms with Crippen LogP contribution in [-0.2, 0) is 6.42 Å². The van der Waals surface area contributed by atoms with Gasteiger partial charge in [-0.25, -0.2) is 4.98 Å². The number of hydrogen-bond donors (Lipinski definition) is 0. The number of aryl methyl sites for hydroxylation is 3. The monoisotopic (exact) mass is 296 g/mol. The minimum absolute atomic E-state index is 0.520. The van der Waals surface area contributed by atoms with Crippen molar-refractivity contribution >= 4 is 16.3 Å². The van der Waals surface area contributed by atoms with Gasteiger partial charge >= 0.3 is 0 Å². The predicted molar refractivity (Wildman–Crippen MR) is 84.5 cm³/mol. The molecule has 5 heteroatoms. The topological polar surface area (TPSA) is 54.0 Å². The number of nitriles is 1. The van der Waals surface area contributed by atoms with Crippen LogP contribution in [0, 0.1) is 25.2 Å². The Morgan fingerprint density at radius 2 is 2.10 bits per heavy atom. The SMILES string of the molecule is CCCc1nn2c(C#N)c(-c3ccc(C)c(C)c3)nc2s1. The molecule has 0 N–H and O–H groups in total. The molecule has 3 aromatic rings. The molecule has 3 rings (SSSR count). The Morgan fingerprint density at radius 3 is 2.76 bits per heavy atom. The third-order valence-corrected chi connectivity index (χ3v) is 4.56. The molecule has 0 amide bonds. The number of benzene rings is 1. The van der Waals surface area contributed by atoms with Crippen molar-refractivity contribution in [3.05, 3.63) is 40.0 Å². The van der Waals surface area contributed by atoms with Gasteiger partial charge < -0.3 is 0 Å². The average molecular weight is 296 g/mol. The maximum Gasteiger partial charge on any atom is 0.214 e. The highest BCUT2D eigenvalue weighted by Crippen LogP contribution is 2.28. The van der Waals surface area contributed by atoms with Crippen LogP contribution < -0.4 is 0 Å². The van der Waals surface area contributed by atoms with E-state index in [1.54, 1.807) is 15.9 Å². The van der Waals surface area contributed by atoms with Gasteiger partial charge in [0.15, 0.2) is 5.69 Å². The van der Waals surface area contributed by atoms with Crippen LogP contribution in [0.4, 0.5) is 0 Å². The van der Waals surface area contributed by atoms with E-state index < -0.39 is 0 Å². The molecule has 0 bridgehead atoms. The lowest BCUT2D eigenvalue weighted by atomic mass is 10.0. The van der Waals surface area contributed by atoms with Crippen molar-refractivity contribution in [2.75, 3.05) is 0 Å². The number of fused-ring (bicyclic) bond motifs is 1. The molecule has 106 valence electrons. The van der Waals surface area contributed by atoms with Crippen LogP contribution in [0.25, 0.3) is 16.2 Å². The minimum Gasteiger partial charge on any atom is -0.216 e. The summed E-state index contributed by atoms with van der Waals surface area (Å²) in [5, 5.41) is 15.0. The van der Waals surface area contributed by atoms with E-state index >= 15 is 0 Å². The van der Waals surface area contributed by atoms with Crippen LogP contribution in [0.3, 0.4) is 0 Å². The van der Waals surface area contributed by atoms with E-state index in [1.807, 2.05) is 6.07 Å². The third kappa shape index (κ3) is 2.32. The summed E-state index contributed by atoms with van der Waals surface area (Å²) < 4.78 is 1.68. The smallest absolute Gasteiger partial charge is 0.214 e. The zero-order chi connectivity index (χ0) is 15.0. The molecule has 0 fully saturated rings. The fraction of sp³-hybridized carbons (Fsp3) is 0.312. The maximum absolute atomic E-state index is 9.48. The van der Waals surface area contributed by atoms with E-state index in [2.05, 4.69) is 49.1 Å². The zero-order valence-electron chi connectivity index (χ0n) is 12.3. The summed E-state index contributed by atoms with van der Waals surface area (Å²) in [5.41, 5.74) is 4.66. The first-order valence-corrected chi connectivity index (χ1v) is 7.82. The maximum atomic E-state index is 9.48. The first-order valence-electron chi connectivity index (χ1n) is 7.00. The van der Waals surface area contributed by atoms with Gasteiger partial charge in [-0.05, 0) is 37.5 Å². The summed E-state index contributed by atoms with van der Waals surface area (Å²) in [4.78, 5) is 5.42. The van der Waals surface area contributed by atoms with E-state index in [1.165, 1.54) is 11.1 Å². The van der Waals surface area contributed by atoms with Gasteiger partial charge in [0.25, 0.3) is 0 Å². The largest absolute Gasteiger partial charge is 0.216 e. The van der Waals surface area contributed by atoms with Gasteiger partial charge in [0.05, 0.1) is 0 Å². The molecular weight excluding hydrogens is 280 g/mol. The predicted octanol–water partition coefficient (Wildman–Crippen LogP) is 3.90. The van der Waals surface area contributed by atoms with Gasteiger partial charge in [0, 0.05) is 12.0 Å². The van der Waals surface area contributed by atoms with Gasteiger partial charge in [0.2, 0.25) is 4.96 Å². The Balaban J connectivity index is 2.16. The van der Waals surface area contributed by atoms with Gasteiger partial charge in [-0.3, -0.25) is 0 Å². The van der Waals surface area contributed by atoms with Crippen LogP contribution >= 0.6 is 11.3 Å². The molecule has 0 aliphatic carbocycles. The summed E-state index contributed by atoms with van der Waals surface area (Å²) in [7, 11) is 0. The molecule has 4 nitrogen and oxygen atoms in total. The minimum atomic E-state index is 0.520. The van der Waals surface area contributed by atoms with Crippen LogP contribution in [0.15, 0.2) is 18.2 Å². The lowest BCUT2D eigenvalue weighted by molar-refractivity contribution is 0.843. The van der Waals surface area contributed by atoms with Crippen LogP contribution in [0.5, 0.6) is 0 Å². The van der Waals surface area contributed by atoms with Crippen molar-refractivity contribution in [1.82, 2.24) is 14.6 Å². The van der Waals surface area contributed by atoms with Crippen molar-refractivity contribution in [3.8, 4) is 17.3 Å². The Morgan fingerprint density at radius 1 is 1.29 bits per heavy atom. The Labute approximate surface area is 127 Å². The summed E-state index contributed by atoms with van der Waals surface area (Å²) in [6, 6.07) is 8.41. The molecule has 0 atom stereocenters. The fourth-order valence-corrected chi connectivity index (χ4v) is 3.29. The van der Waals surface area contributed by atoms with Crippen molar-refractivity contribution < 1.29 is 0 Å². The normalized spacial score (nSPS) is 11.0. The summed E-state index contributed by atoms with van der Waals surface area (Å²) in [6.07, 6.45) is 1.97. The van der Waals surface area contributed by atoms with Crippen LogP contribution in [0.1, 0.15) is 35.2 Å². The quantitative estimate of drug-likeness (QED) is 0.736. The lowest BCUT2D eigenvalue weighted by Crippen LogP contribution is -1.93. The number of nitrogens with zero attached hydrogens (tertiary/aromatic N) is 4. The third-order valence-electron chi connectivity index (χ3n) is 3.60. The standard InChI is InChI=1S/C16H16N4S/c1-4-5-14-19-20-13(9-17)15(18-16(20)21-14)12-7-6-10(2)11(3)8-12/h6-8H,4-5H2,1-3H3. The second kappa shape index (κ2) is 5.30. The molecule has 0 unspecified atom stereocenters. The molecular formula is C16H16N4S. The number of aromatic nitrogens is 3. The molecule has 0 aliphatic rings. The van der Waals surface area contributed by atoms with Crippen molar-refractivity contribution in [2.45, 2.75) is 33.6 Å².